The quantitative estimate of drug-likeness (QED) is 0.403. The zero-order valence-corrected chi connectivity index (χ0v) is 11.0. The van der Waals surface area contributed by atoms with E-state index in [0.717, 1.165) is 12.8 Å². The highest BCUT2D eigenvalue weighted by Crippen LogP contribution is 1.89. The van der Waals surface area contributed by atoms with Gasteiger partial charge in [0, 0.05) is 20.4 Å². The van der Waals surface area contributed by atoms with Crippen LogP contribution >= 0.6 is 0 Å². The lowest BCUT2D eigenvalue weighted by Gasteiger charge is -2.17. The van der Waals surface area contributed by atoms with Crippen molar-refractivity contribution in [2.75, 3.05) is 13.2 Å². The average Bonchev–Trinajstić information content (AvgIpc) is 2.27. The molecule has 0 heterocycles. The van der Waals surface area contributed by atoms with Crippen molar-refractivity contribution in [1.82, 2.24) is 16.1 Å². The Labute approximate surface area is 107 Å². The van der Waals surface area contributed by atoms with Crippen molar-refractivity contribution in [3.63, 3.8) is 0 Å². The van der Waals surface area contributed by atoms with Crippen LogP contribution in [-0.2, 0) is 19.2 Å². The predicted octanol–water partition coefficient (Wildman–Crippen LogP) is -0.525. The van der Waals surface area contributed by atoms with Crippen molar-refractivity contribution in [1.29, 1.82) is 0 Å². The number of rotatable bonds is 8. The largest absolute Gasteiger partial charge is 0.354 e. The lowest BCUT2D eigenvalue weighted by molar-refractivity contribution is -0.137. The number of carbonyl (C=O) groups excluding carboxylic acids is 3. The van der Waals surface area contributed by atoms with Crippen LogP contribution in [0.25, 0.3) is 0 Å². The van der Waals surface area contributed by atoms with E-state index < -0.39 is 6.04 Å². The van der Waals surface area contributed by atoms with E-state index in [2.05, 4.69) is 16.1 Å². The molecule has 1 atom stereocenters. The average molecular weight is 259 g/mol. The van der Waals surface area contributed by atoms with E-state index in [-0.39, 0.29) is 24.3 Å². The van der Waals surface area contributed by atoms with Crippen LogP contribution in [0.2, 0.25) is 0 Å². The highest BCUT2D eigenvalue weighted by Gasteiger charge is 2.19. The molecule has 0 spiro atoms. The molecule has 0 saturated heterocycles. The summed E-state index contributed by atoms with van der Waals surface area (Å²) in [6.07, 6.45) is 1.83. The van der Waals surface area contributed by atoms with Gasteiger partial charge in [0.1, 0.15) is 12.6 Å². The molecule has 0 rings (SSSR count). The Hall–Kier alpha value is -1.63. The van der Waals surface area contributed by atoms with Crippen molar-refractivity contribution < 1.29 is 19.2 Å². The number of amides is 3. The molecule has 3 amide bonds. The number of unbranched alkanes of at least 4 members (excludes halogenated alkanes) is 1. The second kappa shape index (κ2) is 9.41. The van der Waals surface area contributed by atoms with E-state index in [1.54, 1.807) is 0 Å². The van der Waals surface area contributed by atoms with Gasteiger partial charge in [0.2, 0.25) is 17.7 Å². The smallest absolute Gasteiger partial charge is 0.245 e. The fourth-order valence-corrected chi connectivity index (χ4v) is 1.17. The van der Waals surface area contributed by atoms with Crippen molar-refractivity contribution in [2.45, 2.75) is 39.7 Å². The molecule has 7 heteroatoms. The third kappa shape index (κ3) is 8.51. The third-order valence-corrected chi connectivity index (χ3v) is 1.99. The van der Waals surface area contributed by atoms with Gasteiger partial charge in [-0.05, 0) is 6.42 Å². The van der Waals surface area contributed by atoms with E-state index >= 15 is 0 Å². The summed E-state index contributed by atoms with van der Waals surface area (Å²) in [6, 6.07) is -0.814. The van der Waals surface area contributed by atoms with E-state index in [0.29, 0.717) is 6.54 Å². The Morgan fingerprint density at radius 2 is 1.83 bits per heavy atom. The van der Waals surface area contributed by atoms with Crippen LogP contribution in [0.1, 0.15) is 33.6 Å². The maximum Gasteiger partial charge on any atom is 0.245 e. The minimum Gasteiger partial charge on any atom is -0.354 e. The molecule has 0 aliphatic heterocycles. The Balaban J connectivity index is 4.15. The molecule has 104 valence electrons. The Kier molecular flexibility index (Phi) is 8.55. The van der Waals surface area contributed by atoms with Gasteiger partial charge in [-0.1, -0.05) is 13.3 Å². The van der Waals surface area contributed by atoms with Gasteiger partial charge < -0.3 is 10.6 Å². The Morgan fingerprint density at radius 3 is 2.33 bits per heavy atom. The first-order valence-electron chi connectivity index (χ1n) is 5.90. The normalized spacial score (nSPS) is 11.5. The summed E-state index contributed by atoms with van der Waals surface area (Å²) in [5.41, 5.74) is 2.10. The molecule has 0 radical (unpaired) electrons. The van der Waals surface area contributed by atoms with Crippen LogP contribution in [0.3, 0.4) is 0 Å². The zero-order chi connectivity index (χ0) is 14.0. The van der Waals surface area contributed by atoms with Crippen LogP contribution in [0.15, 0.2) is 0 Å². The van der Waals surface area contributed by atoms with Gasteiger partial charge in [-0.15, -0.1) is 0 Å². The molecule has 0 aromatic rings. The Bertz CT molecular complexity index is 294. The molecular weight excluding hydrogens is 238 g/mol. The highest BCUT2D eigenvalue weighted by atomic mass is 16.7. The first-order chi connectivity index (χ1) is 8.47. The number of carbonyl (C=O) groups is 3. The number of nitrogens with one attached hydrogen (secondary N) is 3. The second-order valence-electron chi connectivity index (χ2n) is 3.87. The molecular formula is C11H21N3O4. The first-order valence-corrected chi connectivity index (χ1v) is 5.90. The number of hydroxylamine groups is 1. The van der Waals surface area contributed by atoms with E-state index in [1.807, 2.05) is 6.92 Å². The molecule has 18 heavy (non-hydrogen) atoms. The second-order valence-corrected chi connectivity index (χ2v) is 3.87. The highest BCUT2D eigenvalue weighted by molar-refractivity contribution is 5.86. The first kappa shape index (κ1) is 16.4. The molecule has 7 nitrogen and oxygen atoms in total. The maximum absolute atomic E-state index is 11.7. The summed E-state index contributed by atoms with van der Waals surface area (Å²) in [6.45, 7) is 5.04. The van der Waals surface area contributed by atoms with E-state index in [9.17, 15) is 14.4 Å². The molecule has 3 N–H and O–H groups in total. The molecule has 0 bridgehead atoms. The van der Waals surface area contributed by atoms with Gasteiger partial charge in [-0.3, -0.25) is 19.2 Å². The van der Waals surface area contributed by atoms with Gasteiger partial charge in [0.05, 0.1) is 0 Å². The van der Waals surface area contributed by atoms with Crippen molar-refractivity contribution >= 4 is 17.7 Å². The molecule has 0 aliphatic carbocycles. The molecule has 0 saturated carbocycles. The van der Waals surface area contributed by atoms with Crippen LogP contribution in [-0.4, -0.2) is 36.9 Å². The van der Waals surface area contributed by atoms with Crippen LogP contribution in [0, 0.1) is 0 Å². The summed E-state index contributed by atoms with van der Waals surface area (Å²) in [7, 11) is 0. The lowest BCUT2D eigenvalue weighted by atomic mass is 10.2. The fraction of sp³-hybridized carbons (Fsp3) is 0.727. The SMILES string of the molecule is CCCCNC(=O)[C@@H](CONC(C)=O)NC(C)=O. The minimum atomic E-state index is -0.814. The lowest BCUT2D eigenvalue weighted by Crippen LogP contribution is -2.49. The standard InChI is InChI=1S/C11H21N3O4/c1-4-5-6-12-11(17)10(13-8(2)15)7-18-14-9(3)16/h10H,4-7H2,1-3H3,(H,12,17)(H,13,15)(H,14,16)/t10-/m1/s1. The molecule has 0 aromatic carbocycles. The maximum atomic E-state index is 11.7. The summed E-state index contributed by atoms with van der Waals surface area (Å²) in [5.74, 6) is -1.04. The number of hydrogen-bond acceptors (Lipinski definition) is 4. The monoisotopic (exact) mass is 259 g/mol. The summed E-state index contributed by atoms with van der Waals surface area (Å²) < 4.78 is 0. The van der Waals surface area contributed by atoms with Crippen molar-refractivity contribution in [3.8, 4) is 0 Å². The van der Waals surface area contributed by atoms with Gasteiger partial charge >= 0.3 is 0 Å². The fourth-order valence-electron chi connectivity index (χ4n) is 1.17. The molecule has 0 fully saturated rings. The topological polar surface area (TPSA) is 96.5 Å². The van der Waals surface area contributed by atoms with Crippen LogP contribution in [0.4, 0.5) is 0 Å². The summed E-state index contributed by atoms with van der Waals surface area (Å²) >= 11 is 0. The zero-order valence-electron chi connectivity index (χ0n) is 11.0. The molecule has 0 unspecified atom stereocenters. The van der Waals surface area contributed by atoms with Gasteiger partial charge in [-0.25, -0.2) is 5.48 Å². The van der Waals surface area contributed by atoms with Crippen LogP contribution < -0.4 is 16.1 Å². The van der Waals surface area contributed by atoms with Gasteiger partial charge in [0.15, 0.2) is 0 Å². The van der Waals surface area contributed by atoms with Crippen molar-refractivity contribution in [2.24, 2.45) is 0 Å². The third-order valence-electron chi connectivity index (χ3n) is 1.99. The minimum absolute atomic E-state index is 0.114. The van der Waals surface area contributed by atoms with Gasteiger partial charge in [-0.2, -0.15) is 0 Å². The predicted molar refractivity (Wildman–Crippen MR) is 65.3 cm³/mol. The van der Waals surface area contributed by atoms with E-state index in [4.69, 9.17) is 4.84 Å². The molecule has 0 aromatic heterocycles. The van der Waals surface area contributed by atoms with Crippen LogP contribution in [0.5, 0.6) is 0 Å². The van der Waals surface area contributed by atoms with Gasteiger partial charge in [0.25, 0.3) is 0 Å². The summed E-state index contributed by atoms with van der Waals surface area (Å²) in [5, 5.41) is 5.13. The molecule has 0 aliphatic rings. The van der Waals surface area contributed by atoms with E-state index in [1.165, 1.54) is 13.8 Å². The number of hydrogen-bond donors (Lipinski definition) is 3. The summed E-state index contributed by atoms with van der Waals surface area (Å²) in [4.78, 5) is 38.1. The van der Waals surface area contributed by atoms with Crippen molar-refractivity contribution in [3.05, 3.63) is 0 Å². The Morgan fingerprint density at radius 1 is 1.17 bits per heavy atom.